The number of hydrogen-bond donors (Lipinski definition) is 4. The molecule has 0 amide bonds. The smallest absolute Gasteiger partial charge is 0.462 e. The fourth-order valence-corrected chi connectivity index (χ4v) is 6.64. The van der Waals surface area contributed by atoms with Crippen LogP contribution in [-0.4, -0.2) is 69.2 Å². The van der Waals surface area contributed by atoms with Gasteiger partial charge in [-0.15, -0.1) is 0 Å². The van der Waals surface area contributed by atoms with Gasteiger partial charge in [0.25, 0.3) is 0 Å². The Morgan fingerprint density at radius 1 is 0.737 bits per heavy atom. The van der Waals surface area contributed by atoms with E-state index in [4.69, 9.17) is 19.3 Å². The lowest BCUT2D eigenvalue weighted by Gasteiger charge is -2.18. The SMILES string of the molecule is CCCCC/C=C\C/C=C\C/C=C\C/C=C\CCCCCC(=O)O[C@H](COC(=O)CCC/C=C\C[C@H]1[C@@H](O)CC(=O)[C@@H]1/C=C/[C@@H](O)CCCCC)COP(=O)(O)O. The van der Waals surface area contributed by atoms with E-state index in [0.717, 1.165) is 57.8 Å². The summed E-state index contributed by atoms with van der Waals surface area (Å²) in [5, 5.41) is 20.6. The quantitative estimate of drug-likeness (QED) is 0.0210. The van der Waals surface area contributed by atoms with Crippen molar-refractivity contribution in [2.24, 2.45) is 11.8 Å². The molecule has 1 rings (SSSR count). The van der Waals surface area contributed by atoms with E-state index >= 15 is 0 Å². The number of carbonyl (C=O) groups is 3. The molecule has 0 bridgehead atoms. The first-order valence-electron chi connectivity index (χ1n) is 21.3. The topological polar surface area (TPSA) is 177 Å². The fraction of sp³-hybridized carbons (Fsp3) is 0.667. The Kier molecular flexibility index (Phi) is 31.1. The minimum Gasteiger partial charge on any atom is -0.462 e. The highest BCUT2D eigenvalue weighted by Crippen LogP contribution is 2.36. The highest BCUT2D eigenvalue weighted by atomic mass is 31.2. The van der Waals surface area contributed by atoms with Gasteiger partial charge in [0.05, 0.1) is 18.8 Å². The summed E-state index contributed by atoms with van der Waals surface area (Å²) in [7, 11) is -4.83. The molecule has 11 nitrogen and oxygen atoms in total. The van der Waals surface area contributed by atoms with Gasteiger partial charge in [0, 0.05) is 31.1 Å². The van der Waals surface area contributed by atoms with Gasteiger partial charge in [-0.2, -0.15) is 0 Å². The molecule has 1 aliphatic carbocycles. The Hall–Kier alpha value is -2.92. The molecule has 1 aliphatic rings. The number of Topliss-reactive ketones (excluding diaryl/α,β-unsaturated/α-hetero) is 1. The average Bonchev–Trinajstić information content (AvgIpc) is 3.44. The van der Waals surface area contributed by atoms with Crippen molar-refractivity contribution in [3.05, 3.63) is 72.9 Å². The Labute approximate surface area is 342 Å². The van der Waals surface area contributed by atoms with Crippen LogP contribution in [0.4, 0.5) is 0 Å². The zero-order valence-corrected chi connectivity index (χ0v) is 35.6. The highest BCUT2D eigenvalue weighted by molar-refractivity contribution is 7.46. The van der Waals surface area contributed by atoms with Crippen LogP contribution in [0.3, 0.4) is 0 Å². The molecule has 0 spiro atoms. The van der Waals surface area contributed by atoms with E-state index in [1.54, 1.807) is 12.2 Å². The van der Waals surface area contributed by atoms with Crippen LogP contribution in [0.15, 0.2) is 72.9 Å². The number of phosphoric ester groups is 1. The van der Waals surface area contributed by atoms with Crippen molar-refractivity contribution in [2.45, 2.75) is 167 Å². The van der Waals surface area contributed by atoms with Gasteiger partial charge in [0.1, 0.15) is 12.4 Å². The van der Waals surface area contributed by atoms with E-state index in [-0.39, 0.29) is 31.0 Å². The summed E-state index contributed by atoms with van der Waals surface area (Å²) in [6, 6.07) is 0. The molecule has 0 saturated heterocycles. The first kappa shape index (κ1) is 52.1. The summed E-state index contributed by atoms with van der Waals surface area (Å²) in [6.45, 7) is 3.29. The number of aliphatic hydroxyl groups is 2. The summed E-state index contributed by atoms with van der Waals surface area (Å²) in [6.07, 6.45) is 38.4. The molecular formula is C45H73O11P. The maximum Gasteiger partial charge on any atom is 0.469 e. The molecule has 0 aromatic carbocycles. The number of esters is 2. The third-order valence-electron chi connectivity index (χ3n) is 9.57. The minimum atomic E-state index is -4.83. The van der Waals surface area contributed by atoms with Crippen molar-refractivity contribution >= 4 is 25.5 Å². The van der Waals surface area contributed by atoms with Gasteiger partial charge < -0.3 is 29.5 Å². The molecule has 0 aromatic heterocycles. The van der Waals surface area contributed by atoms with E-state index in [1.807, 2.05) is 12.2 Å². The van der Waals surface area contributed by atoms with E-state index < -0.39 is 57.2 Å². The molecule has 0 unspecified atom stereocenters. The summed E-state index contributed by atoms with van der Waals surface area (Å²) in [5.41, 5.74) is 0. The summed E-state index contributed by atoms with van der Waals surface area (Å²) >= 11 is 0. The van der Waals surface area contributed by atoms with Crippen LogP contribution in [-0.2, 0) is 32.9 Å². The summed E-state index contributed by atoms with van der Waals surface area (Å²) < 4.78 is 26.3. The first-order chi connectivity index (χ1) is 27.5. The molecule has 5 atom stereocenters. The van der Waals surface area contributed by atoms with Gasteiger partial charge in [-0.3, -0.25) is 18.9 Å². The van der Waals surface area contributed by atoms with Crippen LogP contribution in [0.1, 0.15) is 149 Å². The van der Waals surface area contributed by atoms with Crippen molar-refractivity contribution in [3.63, 3.8) is 0 Å². The predicted octanol–water partition coefficient (Wildman–Crippen LogP) is 9.66. The minimum absolute atomic E-state index is 0.0372. The number of ketones is 1. The van der Waals surface area contributed by atoms with Gasteiger partial charge in [0.2, 0.25) is 0 Å². The summed E-state index contributed by atoms with van der Waals surface area (Å²) in [5.74, 6) is -1.88. The standard InChI is InChI=1S/C45H73O11P/c1-3-5-7-8-9-10-11-12-13-14-15-16-17-18-19-20-21-22-28-32-45(50)56-39(37-55-57(51,52)53)36-54-44(49)31-27-24-23-26-30-40-41(43(48)35-42(40)47)34-33-38(46)29-25-6-4-2/h9-10,12-13,15-16,18-19,23,26,33-34,38-42,46-47H,3-8,11,14,17,20-22,24-25,27-32,35-37H2,1-2H3,(H2,51,52,53)/b10-9-,13-12-,16-15-,19-18-,26-23-,34-33+/t38-,39+,40+,41+,42-/m0/s1. The Morgan fingerprint density at radius 3 is 1.93 bits per heavy atom. The second kappa shape index (κ2) is 34.0. The average molecular weight is 821 g/mol. The number of ether oxygens (including phenoxy) is 2. The van der Waals surface area contributed by atoms with Crippen LogP contribution in [0, 0.1) is 11.8 Å². The monoisotopic (exact) mass is 820 g/mol. The molecular weight excluding hydrogens is 747 g/mol. The number of hydrogen-bond acceptors (Lipinski definition) is 9. The van der Waals surface area contributed by atoms with E-state index in [0.29, 0.717) is 32.1 Å². The van der Waals surface area contributed by atoms with Crippen molar-refractivity contribution in [2.75, 3.05) is 13.2 Å². The lowest BCUT2D eigenvalue weighted by atomic mass is 9.90. The number of phosphoric acid groups is 1. The maximum atomic E-state index is 12.5. The normalized spacial score (nSPS) is 19.1. The van der Waals surface area contributed by atoms with Gasteiger partial charge in [-0.25, -0.2) is 4.57 Å². The first-order valence-corrected chi connectivity index (χ1v) is 22.9. The lowest BCUT2D eigenvalue weighted by molar-refractivity contribution is -0.161. The molecule has 324 valence electrons. The molecule has 1 fully saturated rings. The van der Waals surface area contributed by atoms with Gasteiger partial charge in [-0.05, 0) is 77.0 Å². The van der Waals surface area contributed by atoms with Crippen LogP contribution in [0.25, 0.3) is 0 Å². The Balaban J connectivity index is 2.31. The van der Waals surface area contributed by atoms with Gasteiger partial charge >= 0.3 is 19.8 Å². The molecule has 12 heteroatoms. The number of unbranched alkanes of at least 4 members (excludes halogenated alkanes) is 9. The number of carbonyl (C=O) groups excluding carboxylic acids is 3. The van der Waals surface area contributed by atoms with Crippen molar-refractivity contribution in [1.82, 2.24) is 0 Å². The maximum absolute atomic E-state index is 12.5. The lowest BCUT2D eigenvalue weighted by Crippen LogP contribution is -2.29. The van der Waals surface area contributed by atoms with Crippen LogP contribution >= 0.6 is 7.82 Å². The molecule has 1 saturated carbocycles. The van der Waals surface area contributed by atoms with E-state index in [1.165, 1.54) is 25.7 Å². The Morgan fingerprint density at radius 2 is 1.30 bits per heavy atom. The molecule has 0 aromatic rings. The van der Waals surface area contributed by atoms with Crippen LogP contribution < -0.4 is 0 Å². The zero-order chi connectivity index (χ0) is 42.0. The number of aliphatic hydroxyl groups excluding tert-OH is 2. The molecule has 0 radical (unpaired) electrons. The highest BCUT2D eigenvalue weighted by Gasteiger charge is 2.39. The number of rotatable bonds is 34. The van der Waals surface area contributed by atoms with Crippen molar-refractivity contribution < 1.29 is 52.9 Å². The molecule has 0 aliphatic heterocycles. The molecule has 4 N–H and O–H groups in total. The third-order valence-corrected chi connectivity index (χ3v) is 10.1. The Bertz CT molecular complexity index is 1310. The van der Waals surface area contributed by atoms with Crippen LogP contribution in [0.2, 0.25) is 0 Å². The second-order valence-electron chi connectivity index (χ2n) is 14.7. The van der Waals surface area contributed by atoms with Crippen molar-refractivity contribution in [3.8, 4) is 0 Å². The second-order valence-corrected chi connectivity index (χ2v) is 16.0. The van der Waals surface area contributed by atoms with Crippen LogP contribution in [0.5, 0.6) is 0 Å². The van der Waals surface area contributed by atoms with Crippen molar-refractivity contribution in [1.29, 1.82) is 0 Å². The van der Waals surface area contributed by atoms with E-state index in [2.05, 4.69) is 67.0 Å². The fourth-order valence-electron chi connectivity index (χ4n) is 6.28. The third kappa shape index (κ3) is 29.9. The number of allylic oxidation sites excluding steroid dienone is 11. The molecule has 0 heterocycles. The van der Waals surface area contributed by atoms with E-state index in [9.17, 15) is 29.2 Å². The largest absolute Gasteiger partial charge is 0.469 e. The predicted molar refractivity (Wildman–Crippen MR) is 226 cm³/mol. The molecule has 57 heavy (non-hydrogen) atoms. The van der Waals surface area contributed by atoms with Gasteiger partial charge in [-0.1, -0.05) is 125 Å². The summed E-state index contributed by atoms with van der Waals surface area (Å²) in [4.78, 5) is 55.5. The van der Waals surface area contributed by atoms with Gasteiger partial charge in [0.15, 0.2) is 6.10 Å². The zero-order valence-electron chi connectivity index (χ0n) is 34.7.